The van der Waals surface area contributed by atoms with Gasteiger partial charge in [0.05, 0.1) is 23.7 Å². The van der Waals surface area contributed by atoms with Crippen molar-refractivity contribution in [1.82, 2.24) is 14.7 Å². The van der Waals surface area contributed by atoms with E-state index in [0.29, 0.717) is 29.5 Å². The molecule has 7 heteroatoms. The molecular formula is C20H24ClN3O2S. The number of carbonyl (C=O) groups excluding carboxylic acids is 1. The Balaban J connectivity index is 1.91. The number of unbranched alkanes of at least 4 members (excludes halogenated alkanes) is 1. The molecule has 27 heavy (non-hydrogen) atoms. The summed E-state index contributed by atoms with van der Waals surface area (Å²) in [6.45, 7) is 5.60. The molecule has 0 aliphatic heterocycles. The first-order chi connectivity index (χ1) is 13.0. The maximum atomic E-state index is 12.9. The van der Waals surface area contributed by atoms with Gasteiger partial charge in [0, 0.05) is 23.5 Å². The van der Waals surface area contributed by atoms with Crippen LogP contribution in [0, 0.1) is 6.92 Å². The fourth-order valence-corrected chi connectivity index (χ4v) is 4.38. The molecule has 0 saturated carbocycles. The minimum Gasteiger partial charge on any atom is -0.395 e. The standard InChI is InChI=1S/C20H24ClN3O2S/c1-3-4-9-23(10-11-25)19(26)18-12-16-14(2)22-24(20(16)27-18)13-15-7-5-6-8-17(15)21/h5-8,12,25H,3-4,9-11,13H2,1-2H3. The minimum atomic E-state index is -0.0281. The van der Waals surface area contributed by atoms with Crippen LogP contribution >= 0.6 is 22.9 Å². The van der Waals surface area contributed by atoms with E-state index in [2.05, 4.69) is 12.0 Å². The van der Waals surface area contributed by atoms with Crippen molar-refractivity contribution < 1.29 is 9.90 Å². The second kappa shape index (κ2) is 8.87. The topological polar surface area (TPSA) is 58.4 Å². The minimum absolute atomic E-state index is 0.0256. The average Bonchev–Trinajstić information content (AvgIpc) is 3.21. The van der Waals surface area contributed by atoms with Gasteiger partial charge in [-0.05, 0) is 31.0 Å². The fourth-order valence-electron chi connectivity index (χ4n) is 3.05. The van der Waals surface area contributed by atoms with Crippen LogP contribution in [-0.2, 0) is 6.54 Å². The monoisotopic (exact) mass is 405 g/mol. The number of hydrogen-bond acceptors (Lipinski definition) is 4. The van der Waals surface area contributed by atoms with Crippen LogP contribution in [0.4, 0.5) is 0 Å². The third-order valence-electron chi connectivity index (χ3n) is 4.53. The number of aliphatic hydroxyl groups is 1. The van der Waals surface area contributed by atoms with Crippen LogP contribution in [0.25, 0.3) is 10.2 Å². The maximum Gasteiger partial charge on any atom is 0.264 e. The molecule has 2 heterocycles. The molecule has 1 N–H and O–H groups in total. The first-order valence-electron chi connectivity index (χ1n) is 9.15. The van der Waals surface area contributed by atoms with E-state index >= 15 is 0 Å². The maximum absolute atomic E-state index is 12.9. The quantitative estimate of drug-likeness (QED) is 0.606. The Morgan fingerprint density at radius 3 is 2.81 bits per heavy atom. The number of aromatic nitrogens is 2. The van der Waals surface area contributed by atoms with Gasteiger partial charge in [0.2, 0.25) is 0 Å². The summed E-state index contributed by atoms with van der Waals surface area (Å²) in [5, 5.41) is 15.6. The zero-order chi connectivity index (χ0) is 19.4. The Morgan fingerprint density at radius 1 is 1.33 bits per heavy atom. The number of fused-ring (bicyclic) bond motifs is 1. The van der Waals surface area contributed by atoms with Crippen molar-refractivity contribution in [2.45, 2.75) is 33.2 Å². The number of aryl methyl sites for hydroxylation is 1. The van der Waals surface area contributed by atoms with Crippen LogP contribution in [0.2, 0.25) is 5.02 Å². The molecule has 0 spiro atoms. The number of hydrogen-bond donors (Lipinski definition) is 1. The van der Waals surface area contributed by atoms with Crippen molar-refractivity contribution in [2.75, 3.05) is 19.7 Å². The average molecular weight is 406 g/mol. The van der Waals surface area contributed by atoms with Crippen molar-refractivity contribution >= 4 is 39.1 Å². The fraction of sp³-hybridized carbons (Fsp3) is 0.400. The smallest absolute Gasteiger partial charge is 0.264 e. The van der Waals surface area contributed by atoms with Gasteiger partial charge >= 0.3 is 0 Å². The van der Waals surface area contributed by atoms with Gasteiger partial charge in [0.15, 0.2) is 0 Å². The molecule has 144 valence electrons. The van der Waals surface area contributed by atoms with E-state index in [1.165, 1.54) is 11.3 Å². The highest BCUT2D eigenvalue weighted by Gasteiger charge is 2.21. The number of rotatable bonds is 8. The van der Waals surface area contributed by atoms with Crippen LogP contribution in [0.15, 0.2) is 30.3 Å². The first kappa shape index (κ1) is 19.9. The molecule has 0 aliphatic carbocycles. The van der Waals surface area contributed by atoms with Crippen LogP contribution in [0.3, 0.4) is 0 Å². The van der Waals surface area contributed by atoms with E-state index in [4.69, 9.17) is 11.6 Å². The van der Waals surface area contributed by atoms with Gasteiger partial charge in [0.1, 0.15) is 4.83 Å². The molecule has 0 atom stereocenters. The van der Waals surface area contributed by atoms with E-state index in [9.17, 15) is 9.90 Å². The molecule has 3 aromatic rings. The van der Waals surface area contributed by atoms with Crippen molar-refractivity contribution in [3.63, 3.8) is 0 Å². The third kappa shape index (κ3) is 4.34. The Hall–Kier alpha value is -1.89. The summed E-state index contributed by atoms with van der Waals surface area (Å²) in [5.74, 6) is -0.0256. The lowest BCUT2D eigenvalue weighted by Crippen LogP contribution is -2.33. The zero-order valence-electron chi connectivity index (χ0n) is 15.6. The molecular weight excluding hydrogens is 382 g/mol. The van der Waals surface area contributed by atoms with Crippen molar-refractivity contribution in [3.05, 3.63) is 51.5 Å². The van der Waals surface area contributed by atoms with Crippen LogP contribution in [-0.4, -0.2) is 45.4 Å². The molecule has 1 aromatic carbocycles. The number of halogens is 1. The summed E-state index contributed by atoms with van der Waals surface area (Å²) < 4.78 is 1.91. The molecule has 1 amide bonds. The summed E-state index contributed by atoms with van der Waals surface area (Å²) in [6.07, 6.45) is 1.93. The summed E-state index contributed by atoms with van der Waals surface area (Å²) in [5.41, 5.74) is 1.89. The lowest BCUT2D eigenvalue weighted by Gasteiger charge is -2.20. The number of nitrogens with zero attached hydrogens (tertiary/aromatic N) is 3. The van der Waals surface area contributed by atoms with Gasteiger partial charge in [-0.25, -0.2) is 0 Å². The summed E-state index contributed by atoms with van der Waals surface area (Å²) in [6, 6.07) is 9.64. The van der Waals surface area contributed by atoms with Gasteiger partial charge in [-0.2, -0.15) is 5.10 Å². The number of carbonyl (C=O) groups is 1. The van der Waals surface area contributed by atoms with Gasteiger partial charge in [-0.15, -0.1) is 11.3 Å². The lowest BCUT2D eigenvalue weighted by molar-refractivity contribution is 0.0724. The molecule has 0 bridgehead atoms. The second-order valence-electron chi connectivity index (χ2n) is 6.53. The molecule has 2 aromatic heterocycles. The van der Waals surface area contributed by atoms with Gasteiger partial charge < -0.3 is 10.0 Å². The number of amides is 1. The summed E-state index contributed by atoms with van der Waals surface area (Å²) >= 11 is 7.74. The second-order valence-corrected chi connectivity index (χ2v) is 7.97. The highest BCUT2D eigenvalue weighted by Crippen LogP contribution is 2.30. The van der Waals surface area contributed by atoms with Crippen molar-refractivity contribution in [1.29, 1.82) is 0 Å². The number of thiophene rings is 1. The van der Waals surface area contributed by atoms with E-state index < -0.39 is 0 Å². The van der Waals surface area contributed by atoms with Gasteiger partial charge in [0.25, 0.3) is 5.91 Å². The Kier molecular flexibility index (Phi) is 6.52. The molecule has 0 aliphatic rings. The Labute approximate surface area is 168 Å². The predicted molar refractivity (Wildman–Crippen MR) is 111 cm³/mol. The van der Waals surface area contributed by atoms with Crippen molar-refractivity contribution in [3.8, 4) is 0 Å². The highest BCUT2D eigenvalue weighted by atomic mass is 35.5. The van der Waals surface area contributed by atoms with Crippen LogP contribution in [0.5, 0.6) is 0 Å². The van der Waals surface area contributed by atoms with E-state index in [-0.39, 0.29) is 12.5 Å². The normalized spacial score (nSPS) is 11.3. The van der Waals surface area contributed by atoms with E-state index in [1.54, 1.807) is 4.90 Å². The van der Waals surface area contributed by atoms with Crippen LogP contribution in [0.1, 0.15) is 40.7 Å². The van der Waals surface area contributed by atoms with E-state index in [1.807, 2.05) is 41.9 Å². The molecule has 0 radical (unpaired) electrons. The Morgan fingerprint density at radius 2 is 2.11 bits per heavy atom. The van der Waals surface area contributed by atoms with Gasteiger partial charge in [-0.3, -0.25) is 9.48 Å². The highest BCUT2D eigenvalue weighted by molar-refractivity contribution is 7.20. The lowest BCUT2D eigenvalue weighted by atomic mass is 10.2. The summed E-state index contributed by atoms with van der Waals surface area (Å²) in [7, 11) is 0. The molecule has 0 unspecified atom stereocenters. The third-order valence-corrected chi connectivity index (χ3v) is 6.04. The van der Waals surface area contributed by atoms with Gasteiger partial charge in [-0.1, -0.05) is 43.1 Å². The molecule has 0 fully saturated rings. The number of benzene rings is 1. The zero-order valence-corrected chi connectivity index (χ0v) is 17.2. The number of aliphatic hydroxyl groups excluding tert-OH is 1. The Bertz CT molecular complexity index is 935. The van der Waals surface area contributed by atoms with Crippen LogP contribution < -0.4 is 0 Å². The SMILES string of the molecule is CCCCN(CCO)C(=O)c1cc2c(C)nn(Cc3ccccc3Cl)c2s1. The molecule has 0 saturated heterocycles. The molecule has 3 rings (SSSR count). The predicted octanol–water partition coefficient (Wildman–Crippen LogP) is 4.34. The first-order valence-corrected chi connectivity index (χ1v) is 10.3. The van der Waals surface area contributed by atoms with E-state index in [0.717, 1.165) is 34.3 Å². The van der Waals surface area contributed by atoms with Crippen molar-refractivity contribution in [2.24, 2.45) is 0 Å². The summed E-state index contributed by atoms with van der Waals surface area (Å²) in [4.78, 5) is 16.3. The molecule has 5 nitrogen and oxygen atoms in total. The largest absolute Gasteiger partial charge is 0.395 e.